The second-order valence-electron chi connectivity index (χ2n) is 6.26. The molecule has 1 aromatic heterocycles. The van der Waals surface area contributed by atoms with Gasteiger partial charge in [-0.1, -0.05) is 6.07 Å². The van der Waals surface area contributed by atoms with Gasteiger partial charge in [0.2, 0.25) is 0 Å². The average molecular weight is 327 g/mol. The van der Waals surface area contributed by atoms with Crippen molar-refractivity contribution in [3.8, 4) is 0 Å². The van der Waals surface area contributed by atoms with Gasteiger partial charge < -0.3 is 10.2 Å². The summed E-state index contributed by atoms with van der Waals surface area (Å²) in [7, 11) is 1.78. The number of nitrogens with one attached hydrogen (secondary N) is 1. The number of nitrogens with zero attached hydrogens (tertiary/aromatic N) is 2. The van der Waals surface area contributed by atoms with Crippen LogP contribution in [0.25, 0.3) is 0 Å². The second kappa shape index (κ2) is 7.43. The molecule has 0 spiro atoms. The van der Waals surface area contributed by atoms with Crippen LogP contribution in [0, 0.1) is 5.82 Å². The van der Waals surface area contributed by atoms with Crippen LogP contribution >= 0.6 is 0 Å². The maximum atomic E-state index is 13.5. The lowest BCUT2D eigenvalue weighted by atomic mass is 9.87. The smallest absolute Gasteiger partial charge is 0.317 e. The van der Waals surface area contributed by atoms with Crippen LogP contribution in [0.5, 0.6) is 0 Å². The number of urea groups is 1. The first kappa shape index (κ1) is 16.4. The van der Waals surface area contributed by atoms with Crippen LogP contribution in [-0.4, -0.2) is 29.5 Å². The van der Waals surface area contributed by atoms with E-state index in [0.717, 1.165) is 42.4 Å². The number of pyridine rings is 1. The Balaban J connectivity index is 1.60. The highest BCUT2D eigenvalue weighted by atomic mass is 19.1. The minimum absolute atomic E-state index is 0.111. The Morgan fingerprint density at radius 1 is 1.33 bits per heavy atom. The topological polar surface area (TPSA) is 45.2 Å². The summed E-state index contributed by atoms with van der Waals surface area (Å²) in [5.74, 6) is -0.249. The lowest BCUT2D eigenvalue weighted by Crippen LogP contribution is -2.41. The Morgan fingerprint density at radius 3 is 2.92 bits per heavy atom. The van der Waals surface area contributed by atoms with Crippen LogP contribution < -0.4 is 5.32 Å². The number of fused-ring (bicyclic) bond motifs is 1. The van der Waals surface area contributed by atoms with E-state index in [-0.39, 0.29) is 17.9 Å². The number of amides is 2. The molecule has 0 bridgehead atoms. The number of carbonyl (C=O) groups excluding carboxylic acids is 1. The third kappa shape index (κ3) is 3.91. The fourth-order valence-electron chi connectivity index (χ4n) is 3.13. The molecule has 4 nitrogen and oxygen atoms in total. The van der Waals surface area contributed by atoms with Crippen LogP contribution in [0.1, 0.15) is 35.6 Å². The zero-order valence-corrected chi connectivity index (χ0v) is 13.8. The third-order valence-electron chi connectivity index (χ3n) is 4.55. The van der Waals surface area contributed by atoms with E-state index in [1.54, 1.807) is 30.4 Å². The first-order valence-electron chi connectivity index (χ1n) is 8.32. The van der Waals surface area contributed by atoms with E-state index >= 15 is 0 Å². The predicted octanol–water partition coefficient (Wildman–Crippen LogP) is 3.48. The second-order valence-corrected chi connectivity index (χ2v) is 6.26. The van der Waals surface area contributed by atoms with Gasteiger partial charge in [0, 0.05) is 26.0 Å². The van der Waals surface area contributed by atoms with Crippen molar-refractivity contribution >= 4 is 6.03 Å². The molecule has 1 heterocycles. The van der Waals surface area contributed by atoms with Crippen molar-refractivity contribution < 1.29 is 9.18 Å². The van der Waals surface area contributed by atoms with Gasteiger partial charge in [-0.05, 0) is 66.6 Å². The minimum atomic E-state index is -0.249. The number of hydrogen-bond acceptors (Lipinski definition) is 2. The summed E-state index contributed by atoms with van der Waals surface area (Å²) in [4.78, 5) is 18.1. The lowest BCUT2D eigenvalue weighted by molar-refractivity contribution is 0.203. The lowest BCUT2D eigenvalue weighted by Gasteiger charge is -2.28. The number of carbonyl (C=O) groups is 1. The third-order valence-corrected chi connectivity index (χ3v) is 4.55. The van der Waals surface area contributed by atoms with Crippen LogP contribution in [0.3, 0.4) is 0 Å². The minimum Gasteiger partial charge on any atom is -0.331 e. The van der Waals surface area contributed by atoms with Gasteiger partial charge in [0.25, 0.3) is 0 Å². The van der Waals surface area contributed by atoms with E-state index in [1.165, 1.54) is 6.07 Å². The van der Waals surface area contributed by atoms with E-state index < -0.39 is 0 Å². The first-order chi connectivity index (χ1) is 11.6. The summed E-state index contributed by atoms with van der Waals surface area (Å²) in [6.07, 6.45) is 7.08. The molecular weight excluding hydrogens is 305 g/mol. The molecule has 0 radical (unpaired) electrons. The SMILES string of the molecule is CN(CCc1ccncc1)C(=O)N[C@H]1CCCc2ccc(F)cc21. The summed E-state index contributed by atoms with van der Waals surface area (Å²) in [6.45, 7) is 0.624. The number of aryl methyl sites for hydroxylation is 1. The molecule has 1 aromatic carbocycles. The Kier molecular flexibility index (Phi) is 5.08. The number of halogens is 1. The maximum absolute atomic E-state index is 13.5. The van der Waals surface area contributed by atoms with Crippen LogP contribution in [0.2, 0.25) is 0 Å². The molecule has 0 unspecified atom stereocenters. The van der Waals surface area contributed by atoms with Crippen molar-refractivity contribution in [2.75, 3.05) is 13.6 Å². The largest absolute Gasteiger partial charge is 0.331 e. The normalized spacial score (nSPS) is 16.3. The summed E-state index contributed by atoms with van der Waals surface area (Å²) >= 11 is 0. The van der Waals surface area contributed by atoms with E-state index in [2.05, 4.69) is 10.3 Å². The summed E-state index contributed by atoms with van der Waals surface area (Å²) in [5.41, 5.74) is 3.19. The Hall–Kier alpha value is -2.43. The number of aromatic nitrogens is 1. The highest BCUT2D eigenvalue weighted by molar-refractivity contribution is 5.74. The molecule has 24 heavy (non-hydrogen) atoms. The molecule has 2 amide bonds. The zero-order chi connectivity index (χ0) is 16.9. The van der Waals surface area contributed by atoms with E-state index in [9.17, 15) is 9.18 Å². The molecule has 0 saturated heterocycles. The van der Waals surface area contributed by atoms with Crippen LogP contribution in [-0.2, 0) is 12.8 Å². The summed E-state index contributed by atoms with van der Waals surface area (Å²) in [5, 5.41) is 3.05. The fourth-order valence-corrected chi connectivity index (χ4v) is 3.13. The molecule has 1 aliphatic carbocycles. The van der Waals surface area contributed by atoms with Gasteiger partial charge in [0.05, 0.1) is 6.04 Å². The molecule has 3 rings (SSSR count). The maximum Gasteiger partial charge on any atom is 0.317 e. The van der Waals surface area contributed by atoms with Crippen molar-refractivity contribution in [2.24, 2.45) is 0 Å². The number of rotatable bonds is 4. The number of likely N-dealkylation sites (N-methyl/N-ethyl adjacent to an activating group) is 1. The van der Waals surface area contributed by atoms with Gasteiger partial charge in [-0.25, -0.2) is 9.18 Å². The monoisotopic (exact) mass is 327 g/mol. The van der Waals surface area contributed by atoms with E-state index in [4.69, 9.17) is 0 Å². The summed E-state index contributed by atoms with van der Waals surface area (Å²) in [6, 6.07) is 8.54. The number of hydrogen-bond donors (Lipinski definition) is 1. The van der Waals surface area contributed by atoms with Crippen molar-refractivity contribution in [3.05, 3.63) is 65.2 Å². The first-order valence-corrected chi connectivity index (χ1v) is 8.32. The molecule has 1 atom stereocenters. The molecular formula is C19H22FN3O. The van der Waals surface area contributed by atoms with E-state index in [0.29, 0.717) is 6.54 Å². The van der Waals surface area contributed by atoms with Crippen molar-refractivity contribution in [2.45, 2.75) is 31.7 Å². The quantitative estimate of drug-likeness (QED) is 0.934. The molecule has 0 saturated carbocycles. The molecule has 2 aromatic rings. The van der Waals surface area contributed by atoms with Gasteiger partial charge in [-0.3, -0.25) is 4.98 Å². The van der Waals surface area contributed by atoms with Crippen molar-refractivity contribution in [1.29, 1.82) is 0 Å². The number of benzene rings is 1. The molecule has 0 fully saturated rings. The highest BCUT2D eigenvalue weighted by Crippen LogP contribution is 2.30. The molecule has 1 aliphatic rings. The molecule has 0 aliphatic heterocycles. The Labute approximate surface area is 141 Å². The highest BCUT2D eigenvalue weighted by Gasteiger charge is 2.23. The van der Waals surface area contributed by atoms with Gasteiger partial charge in [0.1, 0.15) is 5.82 Å². The zero-order valence-electron chi connectivity index (χ0n) is 13.8. The van der Waals surface area contributed by atoms with Gasteiger partial charge in [0.15, 0.2) is 0 Å². The predicted molar refractivity (Wildman–Crippen MR) is 91.2 cm³/mol. The van der Waals surface area contributed by atoms with Crippen molar-refractivity contribution in [3.63, 3.8) is 0 Å². The standard InChI is InChI=1S/C19H22FN3O/c1-23(12-9-14-7-10-21-11-8-14)19(24)22-18-4-2-3-15-5-6-16(20)13-17(15)18/h5-8,10-11,13,18H,2-4,9,12H2,1H3,(H,22,24)/t18-/m0/s1. The average Bonchev–Trinajstić information content (AvgIpc) is 2.61. The van der Waals surface area contributed by atoms with Gasteiger partial charge in [-0.2, -0.15) is 0 Å². The van der Waals surface area contributed by atoms with E-state index in [1.807, 2.05) is 18.2 Å². The fraction of sp³-hybridized carbons (Fsp3) is 0.368. The Bertz CT molecular complexity index is 705. The van der Waals surface area contributed by atoms with Gasteiger partial charge >= 0.3 is 6.03 Å². The molecule has 5 heteroatoms. The van der Waals surface area contributed by atoms with Crippen LogP contribution in [0.15, 0.2) is 42.7 Å². The molecule has 126 valence electrons. The Morgan fingerprint density at radius 2 is 2.12 bits per heavy atom. The molecule has 1 N–H and O–H groups in total. The van der Waals surface area contributed by atoms with Crippen molar-refractivity contribution in [1.82, 2.24) is 15.2 Å². The van der Waals surface area contributed by atoms with Crippen LogP contribution in [0.4, 0.5) is 9.18 Å². The van der Waals surface area contributed by atoms with Gasteiger partial charge in [-0.15, -0.1) is 0 Å². The summed E-state index contributed by atoms with van der Waals surface area (Å²) < 4.78 is 13.5.